The van der Waals surface area contributed by atoms with Crippen LogP contribution in [0, 0.1) is 13.0 Å². The molecule has 0 aliphatic rings. The van der Waals surface area contributed by atoms with Gasteiger partial charge in [-0.05, 0) is 77.7 Å². The molecule has 1 heterocycles. The number of halogens is 2. The van der Waals surface area contributed by atoms with Crippen molar-refractivity contribution in [3.05, 3.63) is 106 Å². The Bertz CT molecular complexity index is 1500. The number of nitrogens with two attached hydrogens (primary N) is 1. The van der Waals surface area contributed by atoms with Gasteiger partial charge >= 0.3 is 0 Å². The molecule has 0 fully saturated rings. The molecule has 0 spiro atoms. The Kier molecular flexibility index (Phi) is 5.16. The van der Waals surface area contributed by atoms with Crippen molar-refractivity contribution in [3.8, 4) is 11.1 Å². The standard InChI is InChI=1S/C27H19Cl2N2O/c1-16-5-6-17(13-23(16)29)15-31-24-4-2-3-22(27(30)32)26(24)21-12-9-19(14-25(21)31)18-7-10-20(28)11-8-18/h2-11,13-14H,15H2,1H3,(H2,30,32). The zero-order valence-corrected chi connectivity index (χ0v) is 18.8. The van der Waals surface area contributed by atoms with E-state index in [-0.39, 0.29) is 0 Å². The van der Waals surface area contributed by atoms with Gasteiger partial charge < -0.3 is 10.3 Å². The van der Waals surface area contributed by atoms with Crippen LogP contribution >= 0.6 is 23.2 Å². The predicted molar refractivity (Wildman–Crippen MR) is 133 cm³/mol. The van der Waals surface area contributed by atoms with Crippen molar-refractivity contribution in [2.45, 2.75) is 13.5 Å². The summed E-state index contributed by atoms with van der Waals surface area (Å²) in [7, 11) is 0. The largest absolute Gasteiger partial charge is 0.366 e. The molecular weight excluding hydrogens is 439 g/mol. The highest BCUT2D eigenvalue weighted by Crippen LogP contribution is 2.35. The average molecular weight is 458 g/mol. The molecule has 5 rings (SSSR count). The van der Waals surface area contributed by atoms with Gasteiger partial charge in [0.25, 0.3) is 0 Å². The fourth-order valence-corrected chi connectivity index (χ4v) is 4.49. The molecule has 0 saturated heterocycles. The van der Waals surface area contributed by atoms with E-state index in [1.54, 1.807) is 6.07 Å². The number of carbonyl (C=O) groups excluding carboxylic acids is 1. The molecule has 2 N–H and O–H groups in total. The lowest BCUT2D eigenvalue weighted by Crippen LogP contribution is -2.11. The van der Waals surface area contributed by atoms with Gasteiger partial charge in [-0.3, -0.25) is 4.79 Å². The van der Waals surface area contributed by atoms with Crippen LogP contribution in [-0.2, 0) is 6.54 Å². The first-order chi connectivity index (χ1) is 15.4. The van der Waals surface area contributed by atoms with E-state index in [4.69, 9.17) is 28.9 Å². The molecule has 5 aromatic rings. The molecule has 5 heteroatoms. The summed E-state index contributed by atoms with van der Waals surface area (Å²) >= 11 is 12.5. The van der Waals surface area contributed by atoms with E-state index < -0.39 is 5.91 Å². The number of carbonyl (C=O) groups is 1. The smallest absolute Gasteiger partial charge is 0.249 e. The maximum Gasteiger partial charge on any atom is 0.249 e. The summed E-state index contributed by atoms with van der Waals surface area (Å²) in [6.07, 6.45) is 0. The quantitative estimate of drug-likeness (QED) is 0.309. The molecule has 32 heavy (non-hydrogen) atoms. The van der Waals surface area contributed by atoms with Crippen molar-refractivity contribution in [1.82, 2.24) is 4.57 Å². The topological polar surface area (TPSA) is 48.0 Å². The minimum atomic E-state index is -0.455. The van der Waals surface area contributed by atoms with Crippen LogP contribution in [0.3, 0.4) is 0 Å². The molecule has 0 bridgehead atoms. The number of amides is 1. The van der Waals surface area contributed by atoms with Gasteiger partial charge in [0.15, 0.2) is 0 Å². The summed E-state index contributed by atoms with van der Waals surface area (Å²) in [5, 5.41) is 3.10. The minimum Gasteiger partial charge on any atom is -0.366 e. The molecule has 0 saturated carbocycles. The van der Waals surface area contributed by atoms with E-state index in [9.17, 15) is 4.79 Å². The summed E-state index contributed by atoms with van der Waals surface area (Å²) in [5.41, 5.74) is 12.3. The number of nitrogens with zero attached hydrogens (tertiary/aromatic N) is 1. The molecule has 1 amide bonds. The SMILES string of the molecule is Cc1ccc(Cn2c3cc(-c4ccc(Cl)cc4)c[c]c3c3c(C(N)=O)cccc32)cc1Cl. The molecule has 0 atom stereocenters. The van der Waals surface area contributed by atoms with Crippen LogP contribution in [-0.4, -0.2) is 10.5 Å². The van der Waals surface area contributed by atoms with Gasteiger partial charge in [-0.15, -0.1) is 0 Å². The van der Waals surface area contributed by atoms with Crippen LogP contribution in [0.2, 0.25) is 10.0 Å². The summed E-state index contributed by atoms with van der Waals surface area (Å²) in [4.78, 5) is 12.2. The van der Waals surface area contributed by atoms with Crippen molar-refractivity contribution >= 4 is 50.9 Å². The second kappa shape index (κ2) is 8.01. The Hall–Kier alpha value is -3.27. The zero-order valence-electron chi connectivity index (χ0n) is 17.3. The van der Waals surface area contributed by atoms with Crippen molar-refractivity contribution in [3.63, 3.8) is 0 Å². The number of rotatable bonds is 4. The molecular formula is C27H19Cl2N2O. The Morgan fingerprint density at radius 2 is 1.75 bits per heavy atom. The van der Waals surface area contributed by atoms with Crippen molar-refractivity contribution < 1.29 is 4.79 Å². The van der Waals surface area contributed by atoms with Crippen LogP contribution in [0.1, 0.15) is 21.5 Å². The Morgan fingerprint density at radius 1 is 0.969 bits per heavy atom. The van der Waals surface area contributed by atoms with Gasteiger partial charge in [0.1, 0.15) is 0 Å². The number of aryl methyl sites for hydroxylation is 1. The van der Waals surface area contributed by atoms with Crippen LogP contribution in [0.25, 0.3) is 32.9 Å². The maximum atomic E-state index is 12.2. The third kappa shape index (κ3) is 3.54. The summed E-state index contributed by atoms with van der Waals surface area (Å²) in [5.74, 6) is -0.455. The van der Waals surface area contributed by atoms with Gasteiger partial charge in [0, 0.05) is 32.9 Å². The highest BCUT2D eigenvalue weighted by molar-refractivity contribution is 6.31. The lowest BCUT2D eigenvalue weighted by molar-refractivity contribution is 0.100. The second-order valence-electron chi connectivity index (χ2n) is 7.89. The van der Waals surface area contributed by atoms with Gasteiger partial charge in [-0.1, -0.05) is 53.5 Å². The lowest BCUT2D eigenvalue weighted by atomic mass is 10.0. The maximum absolute atomic E-state index is 12.2. The molecule has 0 aliphatic carbocycles. The first-order valence-electron chi connectivity index (χ1n) is 10.2. The van der Waals surface area contributed by atoms with Gasteiger partial charge in [0.2, 0.25) is 5.91 Å². The molecule has 0 aliphatic heterocycles. The van der Waals surface area contributed by atoms with E-state index >= 15 is 0 Å². The first kappa shape index (κ1) is 20.6. The van der Waals surface area contributed by atoms with Crippen molar-refractivity contribution in [2.75, 3.05) is 0 Å². The molecule has 157 valence electrons. The van der Waals surface area contributed by atoms with Crippen molar-refractivity contribution in [2.24, 2.45) is 5.73 Å². The van der Waals surface area contributed by atoms with Gasteiger partial charge in [-0.2, -0.15) is 0 Å². The molecule has 4 aromatic carbocycles. The van der Waals surface area contributed by atoms with E-state index in [1.165, 1.54) is 0 Å². The highest BCUT2D eigenvalue weighted by atomic mass is 35.5. The van der Waals surface area contributed by atoms with E-state index in [1.807, 2.05) is 61.5 Å². The van der Waals surface area contributed by atoms with E-state index in [0.717, 1.165) is 49.1 Å². The minimum absolute atomic E-state index is 0.455. The second-order valence-corrected chi connectivity index (χ2v) is 8.73. The number of aromatic nitrogens is 1. The Labute approximate surface area is 196 Å². The fourth-order valence-electron chi connectivity index (χ4n) is 4.16. The molecule has 1 radical (unpaired) electrons. The van der Waals surface area contributed by atoms with Crippen LogP contribution in [0.15, 0.2) is 72.8 Å². The van der Waals surface area contributed by atoms with Gasteiger partial charge in [-0.25, -0.2) is 0 Å². The third-order valence-electron chi connectivity index (χ3n) is 5.81. The fraction of sp³-hybridized carbons (Fsp3) is 0.0741. The molecule has 1 aromatic heterocycles. The number of fused-ring (bicyclic) bond motifs is 3. The van der Waals surface area contributed by atoms with Crippen LogP contribution < -0.4 is 5.73 Å². The molecule has 0 unspecified atom stereocenters. The summed E-state index contributed by atoms with van der Waals surface area (Å²) < 4.78 is 2.19. The normalized spacial score (nSPS) is 11.3. The summed E-state index contributed by atoms with van der Waals surface area (Å²) in [6.45, 7) is 2.58. The number of hydrogen-bond acceptors (Lipinski definition) is 1. The third-order valence-corrected chi connectivity index (χ3v) is 6.47. The van der Waals surface area contributed by atoms with Crippen molar-refractivity contribution in [1.29, 1.82) is 0 Å². The first-order valence-corrected chi connectivity index (χ1v) is 11.0. The van der Waals surface area contributed by atoms with Crippen LogP contribution in [0.4, 0.5) is 0 Å². The lowest BCUT2D eigenvalue weighted by Gasteiger charge is -2.10. The predicted octanol–water partition coefficient (Wildman–Crippen LogP) is 7.02. The zero-order chi connectivity index (χ0) is 22.4. The highest BCUT2D eigenvalue weighted by Gasteiger charge is 2.17. The number of primary amides is 1. The van der Waals surface area contributed by atoms with Gasteiger partial charge in [0.05, 0.1) is 11.0 Å². The summed E-state index contributed by atoms with van der Waals surface area (Å²) in [6, 6.07) is 26.9. The molecule has 3 nitrogen and oxygen atoms in total. The van der Waals surface area contributed by atoms with E-state index in [0.29, 0.717) is 17.1 Å². The number of hydrogen-bond donors (Lipinski definition) is 1. The average Bonchev–Trinajstić information content (AvgIpc) is 3.10. The monoisotopic (exact) mass is 457 g/mol. The van der Waals surface area contributed by atoms with E-state index in [2.05, 4.69) is 22.8 Å². The Morgan fingerprint density at radius 3 is 2.47 bits per heavy atom. The Balaban J connectivity index is 1.78. The number of benzene rings is 4. The van der Waals surface area contributed by atoms with Crippen LogP contribution in [0.5, 0.6) is 0 Å².